The quantitative estimate of drug-likeness (QED) is 0.864. The van der Waals surface area contributed by atoms with E-state index in [9.17, 15) is 9.59 Å². The molecule has 6 heteroatoms. The Morgan fingerprint density at radius 1 is 1.48 bits per heavy atom. The molecule has 1 aromatic rings. The number of fused-ring (bicyclic) bond motifs is 1. The molecule has 0 saturated carbocycles. The van der Waals surface area contributed by atoms with Crippen LogP contribution in [-0.4, -0.2) is 31.1 Å². The van der Waals surface area contributed by atoms with Gasteiger partial charge in [0.1, 0.15) is 11.9 Å². The van der Waals surface area contributed by atoms with E-state index in [0.717, 1.165) is 5.56 Å². The first-order valence-corrected chi connectivity index (χ1v) is 6.99. The van der Waals surface area contributed by atoms with Crippen LogP contribution in [0.5, 0.6) is 5.75 Å². The maximum atomic E-state index is 11.9. The van der Waals surface area contributed by atoms with Crippen molar-refractivity contribution in [3.05, 3.63) is 23.8 Å². The summed E-state index contributed by atoms with van der Waals surface area (Å²) in [6, 6.07) is 5.28. The zero-order valence-electron chi connectivity index (χ0n) is 12.4. The lowest BCUT2D eigenvalue weighted by molar-refractivity contribution is -0.132. The van der Waals surface area contributed by atoms with E-state index in [-0.39, 0.29) is 24.5 Å². The van der Waals surface area contributed by atoms with Crippen molar-refractivity contribution in [1.82, 2.24) is 5.32 Å². The van der Waals surface area contributed by atoms with E-state index in [0.29, 0.717) is 18.0 Å². The zero-order chi connectivity index (χ0) is 15.4. The summed E-state index contributed by atoms with van der Waals surface area (Å²) >= 11 is 0. The predicted octanol–water partition coefficient (Wildman–Crippen LogP) is 1.62. The van der Waals surface area contributed by atoms with Gasteiger partial charge in [-0.15, -0.1) is 0 Å². The minimum atomic E-state index is -0.488. The molecule has 114 valence electrons. The number of nitrogens with one attached hydrogen (secondary N) is 2. The van der Waals surface area contributed by atoms with Crippen LogP contribution in [0, 0.1) is 0 Å². The SMILES string of the molecule is CCO[C@@H](C)C(=O)N[C@@H](C)c1ccc2c(c1)NC(=O)CO2. The summed E-state index contributed by atoms with van der Waals surface area (Å²) in [6.07, 6.45) is -0.488. The van der Waals surface area contributed by atoms with Gasteiger partial charge in [0.25, 0.3) is 5.91 Å². The van der Waals surface area contributed by atoms with Crippen LogP contribution in [0.15, 0.2) is 18.2 Å². The Balaban J connectivity index is 2.06. The van der Waals surface area contributed by atoms with Gasteiger partial charge >= 0.3 is 0 Å². The molecule has 2 N–H and O–H groups in total. The van der Waals surface area contributed by atoms with Gasteiger partial charge in [-0.1, -0.05) is 6.07 Å². The molecule has 0 aliphatic carbocycles. The molecule has 1 heterocycles. The highest BCUT2D eigenvalue weighted by molar-refractivity contribution is 5.95. The molecule has 0 bridgehead atoms. The van der Waals surface area contributed by atoms with Gasteiger partial charge in [-0.05, 0) is 38.5 Å². The van der Waals surface area contributed by atoms with Crippen LogP contribution in [0.3, 0.4) is 0 Å². The fourth-order valence-electron chi connectivity index (χ4n) is 2.11. The lowest BCUT2D eigenvalue weighted by atomic mass is 10.1. The fourth-order valence-corrected chi connectivity index (χ4v) is 2.11. The van der Waals surface area contributed by atoms with Crippen LogP contribution in [0.2, 0.25) is 0 Å². The molecule has 0 fully saturated rings. The van der Waals surface area contributed by atoms with Crippen molar-refractivity contribution >= 4 is 17.5 Å². The first-order valence-electron chi connectivity index (χ1n) is 6.99. The second-order valence-corrected chi connectivity index (χ2v) is 4.92. The average molecular weight is 292 g/mol. The normalized spacial score (nSPS) is 16.2. The van der Waals surface area contributed by atoms with Crippen molar-refractivity contribution < 1.29 is 19.1 Å². The van der Waals surface area contributed by atoms with Crippen LogP contribution in [-0.2, 0) is 14.3 Å². The maximum absolute atomic E-state index is 11.9. The van der Waals surface area contributed by atoms with Crippen LogP contribution in [0.1, 0.15) is 32.4 Å². The largest absolute Gasteiger partial charge is 0.482 e. The molecule has 6 nitrogen and oxygen atoms in total. The monoisotopic (exact) mass is 292 g/mol. The maximum Gasteiger partial charge on any atom is 0.262 e. The molecule has 21 heavy (non-hydrogen) atoms. The molecular formula is C15H20N2O4. The third-order valence-electron chi connectivity index (χ3n) is 3.28. The van der Waals surface area contributed by atoms with E-state index in [1.807, 2.05) is 26.0 Å². The number of carbonyl (C=O) groups is 2. The van der Waals surface area contributed by atoms with Crippen LogP contribution < -0.4 is 15.4 Å². The molecule has 0 radical (unpaired) electrons. The number of amides is 2. The third-order valence-corrected chi connectivity index (χ3v) is 3.28. The summed E-state index contributed by atoms with van der Waals surface area (Å²) in [5, 5.41) is 5.63. The van der Waals surface area contributed by atoms with E-state index in [1.54, 1.807) is 13.0 Å². The summed E-state index contributed by atoms with van der Waals surface area (Å²) in [5.74, 6) is 0.295. The van der Waals surface area contributed by atoms with Gasteiger partial charge in [0, 0.05) is 6.61 Å². The molecule has 2 atom stereocenters. The molecule has 2 rings (SSSR count). The second kappa shape index (κ2) is 6.58. The third kappa shape index (κ3) is 3.72. The lowest BCUT2D eigenvalue weighted by Gasteiger charge is -2.22. The summed E-state index contributed by atoms with van der Waals surface area (Å²) in [4.78, 5) is 23.3. The first kappa shape index (κ1) is 15.3. The molecule has 0 saturated heterocycles. The predicted molar refractivity (Wildman–Crippen MR) is 78.2 cm³/mol. The van der Waals surface area contributed by atoms with Gasteiger partial charge in [-0.2, -0.15) is 0 Å². The Morgan fingerprint density at radius 2 is 2.24 bits per heavy atom. The fraction of sp³-hybridized carbons (Fsp3) is 0.467. The van der Waals surface area contributed by atoms with Gasteiger partial charge in [-0.25, -0.2) is 0 Å². The highest BCUT2D eigenvalue weighted by Gasteiger charge is 2.19. The van der Waals surface area contributed by atoms with Gasteiger partial charge in [-0.3, -0.25) is 9.59 Å². The van der Waals surface area contributed by atoms with Gasteiger partial charge in [0.2, 0.25) is 5.91 Å². The molecular weight excluding hydrogens is 272 g/mol. The van der Waals surface area contributed by atoms with Crippen LogP contribution in [0.4, 0.5) is 5.69 Å². The van der Waals surface area contributed by atoms with Gasteiger partial charge in [0.15, 0.2) is 6.61 Å². The summed E-state index contributed by atoms with van der Waals surface area (Å²) in [5.41, 5.74) is 1.51. The van der Waals surface area contributed by atoms with Gasteiger partial charge < -0.3 is 20.1 Å². The number of carbonyl (C=O) groups excluding carboxylic acids is 2. The van der Waals surface area contributed by atoms with Crippen LogP contribution >= 0.6 is 0 Å². The average Bonchev–Trinajstić information content (AvgIpc) is 2.46. The molecule has 0 spiro atoms. The number of anilines is 1. The Hall–Kier alpha value is -2.08. The van der Waals surface area contributed by atoms with E-state index in [4.69, 9.17) is 9.47 Å². The molecule has 1 aromatic carbocycles. The van der Waals surface area contributed by atoms with Crippen molar-refractivity contribution in [2.75, 3.05) is 18.5 Å². The standard InChI is InChI=1S/C15H20N2O4/c1-4-20-10(3)15(19)16-9(2)11-5-6-13-12(7-11)17-14(18)8-21-13/h5-7,9-10H,4,8H2,1-3H3,(H,16,19)(H,17,18)/t9-,10-/m0/s1. The van der Waals surface area contributed by atoms with Gasteiger partial charge in [0.05, 0.1) is 11.7 Å². The Bertz CT molecular complexity index is 544. The highest BCUT2D eigenvalue weighted by atomic mass is 16.5. The lowest BCUT2D eigenvalue weighted by Crippen LogP contribution is -2.36. The molecule has 2 amide bonds. The van der Waals surface area contributed by atoms with Crippen molar-refractivity contribution in [2.45, 2.75) is 32.9 Å². The van der Waals surface area contributed by atoms with Crippen molar-refractivity contribution in [3.8, 4) is 5.75 Å². The molecule has 1 aliphatic heterocycles. The Morgan fingerprint density at radius 3 is 2.95 bits per heavy atom. The topological polar surface area (TPSA) is 76.7 Å². The number of hydrogen-bond acceptors (Lipinski definition) is 4. The Labute approximate surface area is 123 Å². The molecule has 0 unspecified atom stereocenters. The molecule has 0 aromatic heterocycles. The summed E-state index contributed by atoms with van der Waals surface area (Å²) < 4.78 is 10.6. The van der Waals surface area contributed by atoms with Crippen molar-refractivity contribution in [2.24, 2.45) is 0 Å². The highest BCUT2D eigenvalue weighted by Crippen LogP contribution is 2.30. The number of benzene rings is 1. The first-order chi connectivity index (χ1) is 10.0. The van der Waals surface area contributed by atoms with E-state index in [2.05, 4.69) is 10.6 Å². The minimum Gasteiger partial charge on any atom is -0.482 e. The summed E-state index contributed by atoms with van der Waals surface area (Å²) in [7, 11) is 0. The van der Waals surface area contributed by atoms with Crippen molar-refractivity contribution in [1.29, 1.82) is 0 Å². The number of rotatable bonds is 5. The van der Waals surface area contributed by atoms with E-state index < -0.39 is 6.10 Å². The van der Waals surface area contributed by atoms with E-state index in [1.165, 1.54) is 0 Å². The second-order valence-electron chi connectivity index (χ2n) is 4.92. The number of ether oxygens (including phenoxy) is 2. The molecule has 1 aliphatic rings. The smallest absolute Gasteiger partial charge is 0.262 e. The van der Waals surface area contributed by atoms with Crippen LogP contribution in [0.25, 0.3) is 0 Å². The van der Waals surface area contributed by atoms with Crippen molar-refractivity contribution in [3.63, 3.8) is 0 Å². The zero-order valence-corrected chi connectivity index (χ0v) is 12.4. The number of hydrogen-bond donors (Lipinski definition) is 2. The van der Waals surface area contributed by atoms with E-state index >= 15 is 0 Å². The summed E-state index contributed by atoms with van der Waals surface area (Å²) in [6.45, 7) is 5.96. The minimum absolute atomic E-state index is 0.0322. The Kier molecular flexibility index (Phi) is 4.80.